The number of phenolic OH excluding ortho intramolecular Hbond substituents is 1. The first-order valence-electron chi connectivity index (χ1n) is 8.43. The van der Waals surface area contributed by atoms with E-state index in [0.29, 0.717) is 5.92 Å². The van der Waals surface area contributed by atoms with Gasteiger partial charge in [0.1, 0.15) is 0 Å². The number of nitro benzene ring substituents is 1. The molecule has 2 aliphatic carbocycles. The monoisotopic (exact) mass is 332 g/mol. The zero-order valence-electron chi connectivity index (χ0n) is 13.2. The van der Waals surface area contributed by atoms with E-state index in [1.165, 1.54) is 18.2 Å². The number of hydrogen-bond acceptors (Lipinski definition) is 5. The van der Waals surface area contributed by atoms with E-state index in [9.17, 15) is 20.0 Å². The van der Waals surface area contributed by atoms with Crippen LogP contribution in [-0.4, -0.2) is 34.7 Å². The van der Waals surface area contributed by atoms with Crippen LogP contribution in [-0.2, 0) is 4.74 Å². The van der Waals surface area contributed by atoms with Crippen LogP contribution in [0.2, 0.25) is 0 Å². The minimum Gasteiger partial charge on any atom is -0.502 e. The summed E-state index contributed by atoms with van der Waals surface area (Å²) in [6.07, 6.45) is 5.52. The van der Waals surface area contributed by atoms with Crippen molar-refractivity contribution in [1.82, 2.24) is 5.32 Å². The topological polar surface area (TPSA) is 102 Å². The van der Waals surface area contributed by atoms with Gasteiger partial charge in [-0.1, -0.05) is 18.9 Å². The number of nitrogens with zero attached hydrogens (tertiary/aromatic N) is 1. The third kappa shape index (κ3) is 2.04. The normalized spacial score (nSPS) is 29.9. The molecule has 0 aromatic heterocycles. The molecular weight excluding hydrogens is 312 g/mol. The van der Waals surface area contributed by atoms with Gasteiger partial charge in [0.2, 0.25) is 5.75 Å². The van der Waals surface area contributed by atoms with Gasteiger partial charge >= 0.3 is 5.69 Å². The lowest BCUT2D eigenvalue weighted by atomic mass is 9.54. The summed E-state index contributed by atoms with van der Waals surface area (Å²) >= 11 is 0. The van der Waals surface area contributed by atoms with Crippen molar-refractivity contribution in [3.05, 3.63) is 33.9 Å². The van der Waals surface area contributed by atoms with Crippen molar-refractivity contribution < 1.29 is 19.6 Å². The molecule has 3 atom stereocenters. The lowest BCUT2D eigenvalue weighted by Gasteiger charge is -2.56. The number of amides is 1. The van der Waals surface area contributed by atoms with E-state index < -0.39 is 22.3 Å². The first kappa shape index (κ1) is 15.4. The average molecular weight is 332 g/mol. The van der Waals surface area contributed by atoms with Crippen LogP contribution in [0.1, 0.15) is 42.5 Å². The SMILES string of the molecule is O=C(N[C@@H]1[C@H]2CCO[C@@H]2C12CCCC2)c1cccc([N+](=O)[O-])c1O. The van der Waals surface area contributed by atoms with Gasteiger partial charge in [-0.05, 0) is 25.3 Å². The molecule has 7 nitrogen and oxygen atoms in total. The highest BCUT2D eigenvalue weighted by molar-refractivity contribution is 5.98. The molecule has 0 bridgehead atoms. The van der Waals surface area contributed by atoms with E-state index in [1.54, 1.807) is 0 Å². The second-order valence-electron chi connectivity index (χ2n) is 7.07. The zero-order valence-corrected chi connectivity index (χ0v) is 13.2. The van der Waals surface area contributed by atoms with Gasteiger partial charge < -0.3 is 15.2 Å². The number of rotatable bonds is 3. The fourth-order valence-corrected chi connectivity index (χ4v) is 4.99. The number of hydrogen-bond donors (Lipinski definition) is 2. The molecule has 2 saturated carbocycles. The van der Waals surface area contributed by atoms with Gasteiger partial charge in [0, 0.05) is 30.0 Å². The smallest absolute Gasteiger partial charge is 0.311 e. The molecule has 1 aromatic rings. The molecule has 24 heavy (non-hydrogen) atoms. The molecule has 1 amide bonds. The molecule has 1 aliphatic heterocycles. The van der Waals surface area contributed by atoms with Gasteiger partial charge in [-0.25, -0.2) is 0 Å². The van der Waals surface area contributed by atoms with Gasteiger partial charge in [0.25, 0.3) is 5.91 Å². The summed E-state index contributed by atoms with van der Waals surface area (Å²) in [7, 11) is 0. The highest BCUT2D eigenvalue weighted by atomic mass is 16.6. The van der Waals surface area contributed by atoms with E-state index in [4.69, 9.17) is 4.74 Å². The Morgan fingerprint density at radius 1 is 1.38 bits per heavy atom. The molecule has 3 aliphatic rings. The number of nitro groups is 1. The molecule has 1 aromatic carbocycles. The maximum absolute atomic E-state index is 12.6. The van der Waals surface area contributed by atoms with Crippen molar-refractivity contribution in [3.63, 3.8) is 0 Å². The highest BCUT2D eigenvalue weighted by Crippen LogP contribution is 2.60. The van der Waals surface area contributed by atoms with Crippen molar-refractivity contribution in [2.24, 2.45) is 11.3 Å². The molecule has 4 rings (SSSR count). The summed E-state index contributed by atoms with van der Waals surface area (Å²) in [5.41, 5.74) is -0.485. The Balaban J connectivity index is 1.58. The van der Waals surface area contributed by atoms with E-state index in [-0.39, 0.29) is 23.1 Å². The van der Waals surface area contributed by atoms with Crippen LogP contribution in [0.15, 0.2) is 18.2 Å². The predicted molar refractivity (Wildman–Crippen MR) is 84.8 cm³/mol. The summed E-state index contributed by atoms with van der Waals surface area (Å²) < 4.78 is 5.89. The Bertz CT molecular complexity index is 698. The van der Waals surface area contributed by atoms with Crippen molar-refractivity contribution in [2.45, 2.75) is 44.2 Å². The maximum atomic E-state index is 12.6. The molecule has 0 unspecified atom stereocenters. The number of para-hydroxylation sites is 1. The Hall–Kier alpha value is -2.15. The third-order valence-electron chi connectivity index (χ3n) is 6.03. The van der Waals surface area contributed by atoms with Gasteiger partial charge in [-0.3, -0.25) is 14.9 Å². The molecule has 7 heteroatoms. The molecular formula is C17H20N2O5. The molecule has 0 radical (unpaired) electrons. The largest absolute Gasteiger partial charge is 0.502 e. The van der Waals surface area contributed by atoms with Gasteiger partial charge in [0.05, 0.1) is 16.6 Å². The van der Waals surface area contributed by atoms with Crippen molar-refractivity contribution in [1.29, 1.82) is 0 Å². The fourth-order valence-electron chi connectivity index (χ4n) is 4.99. The van der Waals surface area contributed by atoms with Crippen molar-refractivity contribution >= 4 is 11.6 Å². The first-order chi connectivity index (χ1) is 11.5. The quantitative estimate of drug-likeness (QED) is 0.653. The third-order valence-corrected chi connectivity index (χ3v) is 6.03. The maximum Gasteiger partial charge on any atom is 0.311 e. The number of fused-ring (bicyclic) bond motifs is 2. The number of nitrogens with one attached hydrogen (secondary N) is 1. The molecule has 3 fully saturated rings. The van der Waals surface area contributed by atoms with Crippen molar-refractivity contribution in [2.75, 3.05) is 6.61 Å². The number of benzene rings is 1. The minimum absolute atomic E-state index is 0.00710. The van der Waals surface area contributed by atoms with Crippen LogP contribution >= 0.6 is 0 Å². The van der Waals surface area contributed by atoms with Crippen LogP contribution < -0.4 is 5.32 Å². The zero-order chi connectivity index (χ0) is 16.9. The Labute approximate surface area is 139 Å². The van der Waals surface area contributed by atoms with Crippen LogP contribution in [0.5, 0.6) is 5.75 Å². The van der Waals surface area contributed by atoms with E-state index in [0.717, 1.165) is 38.7 Å². The predicted octanol–water partition coefficient (Wildman–Crippen LogP) is 2.38. The molecule has 1 saturated heterocycles. The summed E-state index contributed by atoms with van der Waals surface area (Å²) in [4.78, 5) is 22.9. The first-order valence-corrected chi connectivity index (χ1v) is 8.43. The summed E-state index contributed by atoms with van der Waals surface area (Å²) in [6.45, 7) is 0.728. The van der Waals surface area contributed by atoms with Crippen LogP contribution in [0, 0.1) is 21.4 Å². The fraction of sp³-hybridized carbons (Fsp3) is 0.588. The number of aromatic hydroxyl groups is 1. The number of carbonyl (C=O) groups is 1. The summed E-state index contributed by atoms with van der Waals surface area (Å²) in [6, 6.07) is 4.05. The van der Waals surface area contributed by atoms with Crippen molar-refractivity contribution in [3.8, 4) is 5.75 Å². The average Bonchev–Trinajstić information content (AvgIpc) is 3.20. The number of carbonyl (C=O) groups excluding carboxylic acids is 1. The Morgan fingerprint density at radius 3 is 2.83 bits per heavy atom. The van der Waals surface area contributed by atoms with Crippen LogP contribution in [0.25, 0.3) is 0 Å². The standard InChI is InChI=1S/C17H20N2O5/c20-13-10(4-3-5-12(13)19(22)23)16(21)18-14-11-6-9-24-15(11)17(14)7-1-2-8-17/h3-5,11,14-15,20H,1-2,6-9H2,(H,18,21)/t11-,14-,15+/m1/s1. The second kappa shape index (κ2) is 5.44. The van der Waals surface area contributed by atoms with Gasteiger partial charge in [-0.15, -0.1) is 0 Å². The van der Waals surface area contributed by atoms with E-state index in [1.807, 2.05) is 0 Å². The minimum atomic E-state index is -0.686. The number of ether oxygens (including phenoxy) is 1. The van der Waals surface area contributed by atoms with E-state index >= 15 is 0 Å². The second-order valence-corrected chi connectivity index (χ2v) is 7.07. The Kier molecular flexibility index (Phi) is 3.49. The van der Waals surface area contributed by atoms with Crippen LogP contribution in [0.3, 0.4) is 0 Å². The summed E-state index contributed by atoms with van der Waals surface area (Å²) in [5.74, 6) is -0.704. The molecule has 128 valence electrons. The Morgan fingerprint density at radius 2 is 2.12 bits per heavy atom. The number of phenols is 1. The van der Waals surface area contributed by atoms with Crippen LogP contribution in [0.4, 0.5) is 5.69 Å². The molecule has 1 spiro atoms. The molecule has 1 heterocycles. The highest BCUT2D eigenvalue weighted by Gasteiger charge is 2.65. The van der Waals surface area contributed by atoms with E-state index in [2.05, 4.69) is 5.32 Å². The van der Waals surface area contributed by atoms with Gasteiger partial charge in [-0.2, -0.15) is 0 Å². The van der Waals surface area contributed by atoms with Gasteiger partial charge in [0.15, 0.2) is 0 Å². The lowest BCUT2D eigenvalue weighted by Crippen LogP contribution is -2.68. The molecule has 2 N–H and O–H groups in total. The lowest BCUT2D eigenvalue weighted by molar-refractivity contribution is -0.385. The summed E-state index contributed by atoms with van der Waals surface area (Å²) in [5, 5.41) is 24.0.